The Balaban J connectivity index is 3.82. The standard InChI is InChI=1S/C23H50O4Si2/c1-8-9-10-11-12-13-14-15-16-17-18-19-23(24)25-20-22(27-29(5,6)7)21-26-28(2,3)4/h22H,8-21H2,1-7H3. The van der Waals surface area contributed by atoms with Crippen molar-refractivity contribution in [3.05, 3.63) is 0 Å². The molecule has 0 amide bonds. The monoisotopic (exact) mass is 446 g/mol. The van der Waals surface area contributed by atoms with E-state index in [1.165, 1.54) is 57.8 Å². The second kappa shape index (κ2) is 16.5. The van der Waals surface area contributed by atoms with Gasteiger partial charge in [0.2, 0.25) is 0 Å². The van der Waals surface area contributed by atoms with Crippen LogP contribution in [0.15, 0.2) is 0 Å². The van der Waals surface area contributed by atoms with Crippen LogP contribution in [-0.4, -0.2) is 41.9 Å². The van der Waals surface area contributed by atoms with E-state index in [-0.39, 0.29) is 12.1 Å². The normalized spacial score (nSPS) is 13.5. The van der Waals surface area contributed by atoms with Crippen LogP contribution < -0.4 is 0 Å². The van der Waals surface area contributed by atoms with Gasteiger partial charge in [-0.15, -0.1) is 0 Å². The number of carbonyl (C=O) groups is 1. The van der Waals surface area contributed by atoms with Crippen molar-refractivity contribution in [3.63, 3.8) is 0 Å². The van der Waals surface area contributed by atoms with Crippen LogP contribution in [0.2, 0.25) is 39.3 Å². The summed E-state index contributed by atoms with van der Waals surface area (Å²) < 4.78 is 17.6. The highest BCUT2D eigenvalue weighted by atomic mass is 28.4. The molecule has 0 fully saturated rings. The van der Waals surface area contributed by atoms with Crippen molar-refractivity contribution in [3.8, 4) is 0 Å². The Morgan fingerprint density at radius 2 is 1.17 bits per heavy atom. The predicted octanol–water partition coefficient (Wildman–Crippen LogP) is 7.30. The topological polar surface area (TPSA) is 44.8 Å². The maximum absolute atomic E-state index is 12.1. The number of ether oxygens (including phenoxy) is 1. The van der Waals surface area contributed by atoms with E-state index in [1.54, 1.807) is 0 Å². The molecule has 1 atom stereocenters. The lowest BCUT2D eigenvalue weighted by Gasteiger charge is -2.28. The van der Waals surface area contributed by atoms with Crippen LogP contribution in [0.5, 0.6) is 0 Å². The van der Waals surface area contributed by atoms with Crippen molar-refractivity contribution in [1.29, 1.82) is 0 Å². The molecule has 0 radical (unpaired) electrons. The third kappa shape index (κ3) is 22.3. The van der Waals surface area contributed by atoms with E-state index in [2.05, 4.69) is 46.2 Å². The molecule has 29 heavy (non-hydrogen) atoms. The molecule has 0 bridgehead atoms. The lowest BCUT2D eigenvalue weighted by atomic mass is 10.1. The molecule has 0 aromatic rings. The zero-order valence-electron chi connectivity index (χ0n) is 20.6. The van der Waals surface area contributed by atoms with Crippen molar-refractivity contribution in [2.24, 2.45) is 0 Å². The quantitative estimate of drug-likeness (QED) is 0.119. The number of esters is 1. The summed E-state index contributed by atoms with van der Waals surface area (Å²) in [5, 5.41) is 0. The van der Waals surface area contributed by atoms with Gasteiger partial charge < -0.3 is 13.6 Å². The highest BCUT2D eigenvalue weighted by Gasteiger charge is 2.25. The lowest BCUT2D eigenvalue weighted by molar-refractivity contribution is -0.146. The Morgan fingerprint density at radius 3 is 1.62 bits per heavy atom. The number of unbranched alkanes of at least 4 members (excludes halogenated alkanes) is 10. The average molecular weight is 447 g/mol. The van der Waals surface area contributed by atoms with Crippen molar-refractivity contribution < 1.29 is 18.4 Å². The first-order valence-corrected chi connectivity index (χ1v) is 18.8. The number of carbonyl (C=O) groups excluding carboxylic acids is 1. The maximum Gasteiger partial charge on any atom is 0.305 e. The van der Waals surface area contributed by atoms with Gasteiger partial charge in [-0.25, -0.2) is 0 Å². The van der Waals surface area contributed by atoms with E-state index >= 15 is 0 Å². The highest BCUT2D eigenvalue weighted by molar-refractivity contribution is 6.70. The van der Waals surface area contributed by atoms with Gasteiger partial charge in [0.1, 0.15) is 12.7 Å². The first-order valence-electron chi connectivity index (χ1n) is 12.0. The Labute approximate surface area is 183 Å². The first kappa shape index (κ1) is 28.8. The van der Waals surface area contributed by atoms with Crippen LogP contribution in [0, 0.1) is 0 Å². The second-order valence-electron chi connectivity index (χ2n) is 10.2. The Bertz CT molecular complexity index is 403. The molecule has 0 heterocycles. The van der Waals surface area contributed by atoms with Gasteiger partial charge in [-0.2, -0.15) is 0 Å². The van der Waals surface area contributed by atoms with Gasteiger partial charge in [-0.05, 0) is 45.7 Å². The van der Waals surface area contributed by atoms with E-state index in [1.807, 2.05) is 0 Å². The molecule has 4 nitrogen and oxygen atoms in total. The Morgan fingerprint density at radius 1 is 0.690 bits per heavy atom. The highest BCUT2D eigenvalue weighted by Crippen LogP contribution is 2.14. The molecule has 0 aromatic heterocycles. The van der Waals surface area contributed by atoms with Gasteiger partial charge >= 0.3 is 5.97 Å². The van der Waals surface area contributed by atoms with Crippen molar-refractivity contribution in [2.75, 3.05) is 13.2 Å². The first-order chi connectivity index (χ1) is 13.5. The number of rotatable bonds is 19. The van der Waals surface area contributed by atoms with Crippen molar-refractivity contribution >= 4 is 22.6 Å². The third-order valence-electron chi connectivity index (χ3n) is 4.64. The molecule has 0 aliphatic rings. The van der Waals surface area contributed by atoms with Crippen LogP contribution in [0.25, 0.3) is 0 Å². The van der Waals surface area contributed by atoms with Crippen molar-refractivity contribution in [2.45, 2.75) is 129 Å². The minimum atomic E-state index is -1.70. The van der Waals surface area contributed by atoms with Gasteiger partial charge in [0.05, 0.1) is 6.61 Å². The molecule has 0 aromatic carbocycles. The van der Waals surface area contributed by atoms with E-state index in [9.17, 15) is 4.79 Å². The molecule has 0 rings (SSSR count). The minimum absolute atomic E-state index is 0.0990. The van der Waals surface area contributed by atoms with Gasteiger partial charge in [0, 0.05) is 6.42 Å². The maximum atomic E-state index is 12.1. The summed E-state index contributed by atoms with van der Waals surface area (Å²) in [6.45, 7) is 16.0. The predicted molar refractivity (Wildman–Crippen MR) is 130 cm³/mol. The van der Waals surface area contributed by atoms with Gasteiger partial charge in [-0.1, -0.05) is 71.1 Å². The summed E-state index contributed by atoms with van der Waals surface area (Å²) in [5.41, 5.74) is 0. The number of hydrogen-bond donors (Lipinski definition) is 0. The smallest absolute Gasteiger partial charge is 0.305 e. The van der Waals surface area contributed by atoms with Crippen LogP contribution in [0.4, 0.5) is 0 Å². The average Bonchev–Trinajstić information content (AvgIpc) is 2.60. The van der Waals surface area contributed by atoms with Crippen LogP contribution in [0.3, 0.4) is 0 Å². The van der Waals surface area contributed by atoms with Crippen LogP contribution in [0.1, 0.15) is 84.0 Å². The fraction of sp³-hybridized carbons (Fsp3) is 0.957. The molecule has 0 saturated carbocycles. The summed E-state index contributed by atoms with van der Waals surface area (Å²) in [6, 6.07) is 0. The summed E-state index contributed by atoms with van der Waals surface area (Å²) in [5.74, 6) is -0.0990. The Hall–Kier alpha value is -0.176. The van der Waals surface area contributed by atoms with E-state index in [0.29, 0.717) is 19.6 Å². The molecular weight excluding hydrogens is 396 g/mol. The minimum Gasteiger partial charge on any atom is -0.463 e. The van der Waals surface area contributed by atoms with Gasteiger partial charge in [0.15, 0.2) is 16.6 Å². The molecule has 1 unspecified atom stereocenters. The zero-order chi connectivity index (χ0) is 22.2. The SMILES string of the molecule is CCCCCCCCCCCCCC(=O)OCC(CO[Si](C)(C)C)O[Si](C)(C)C. The lowest BCUT2D eigenvalue weighted by Crippen LogP contribution is -2.40. The molecular formula is C23H50O4Si2. The molecule has 0 N–H and O–H groups in total. The van der Waals surface area contributed by atoms with Gasteiger partial charge in [0.25, 0.3) is 0 Å². The summed E-state index contributed by atoms with van der Waals surface area (Å²) in [4.78, 5) is 12.1. The molecule has 0 saturated heterocycles. The molecule has 0 aliphatic carbocycles. The van der Waals surface area contributed by atoms with E-state index in [0.717, 1.165) is 12.8 Å². The molecule has 174 valence electrons. The fourth-order valence-corrected chi connectivity index (χ4v) is 4.97. The summed E-state index contributed by atoms with van der Waals surface area (Å²) >= 11 is 0. The summed E-state index contributed by atoms with van der Waals surface area (Å²) in [6.07, 6.45) is 14.5. The molecule has 0 aliphatic heterocycles. The molecule has 6 heteroatoms. The Kier molecular flexibility index (Phi) is 16.4. The second-order valence-corrected chi connectivity index (χ2v) is 19.2. The van der Waals surface area contributed by atoms with Crippen LogP contribution >= 0.6 is 0 Å². The third-order valence-corrected chi connectivity index (χ3v) is 6.71. The molecule has 0 spiro atoms. The fourth-order valence-electron chi connectivity index (χ4n) is 3.15. The van der Waals surface area contributed by atoms with Crippen LogP contribution in [-0.2, 0) is 18.4 Å². The van der Waals surface area contributed by atoms with Gasteiger partial charge in [-0.3, -0.25) is 4.79 Å². The number of hydrogen-bond acceptors (Lipinski definition) is 4. The van der Waals surface area contributed by atoms with E-state index in [4.69, 9.17) is 13.6 Å². The van der Waals surface area contributed by atoms with Crippen molar-refractivity contribution in [1.82, 2.24) is 0 Å². The van der Waals surface area contributed by atoms with E-state index < -0.39 is 16.6 Å². The summed E-state index contributed by atoms with van der Waals surface area (Å²) in [7, 11) is -3.31. The zero-order valence-corrected chi connectivity index (χ0v) is 22.6. The largest absolute Gasteiger partial charge is 0.463 e.